The summed E-state index contributed by atoms with van der Waals surface area (Å²) in [6.07, 6.45) is 9.60. The topological polar surface area (TPSA) is 38.0 Å². The average molecular weight is 317 g/mol. The molecule has 0 spiro atoms. The second-order valence-electron chi connectivity index (χ2n) is 5.32. The van der Waals surface area contributed by atoms with Gasteiger partial charge in [-0.05, 0) is 30.5 Å². The van der Waals surface area contributed by atoms with Crippen molar-refractivity contribution in [3.63, 3.8) is 0 Å². The van der Waals surface area contributed by atoms with Crippen LogP contribution in [0.5, 0.6) is 0 Å². The molecule has 0 aliphatic heterocycles. The van der Waals surface area contributed by atoms with Crippen LogP contribution in [0.15, 0.2) is 18.2 Å². The van der Waals surface area contributed by atoms with Gasteiger partial charge in [0.1, 0.15) is 0 Å². The van der Waals surface area contributed by atoms with E-state index in [2.05, 4.69) is 12.3 Å². The minimum atomic E-state index is 0.235. The lowest BCUT2D eigenvalue weighted by atomic mass is 10.00. The molecule has 114 valence electrons. The Hall–Kier alpha value is -0.280. The fraction of sp³-hybridized carbons (Fsp3) is 0.625. The van der Waals surface area contributed by atoms with Gasteiger partial charge in [-0.15, -0.1) is 0 Å². The van der Waals surface area contributed by atoms with Crippen molar-refractivity contribution < 1.29 is 0 Å². The number of rotatable bonds is 10. The molecule has 0 aliphatic carbocycles. The van der Waals surface area contributed by atoms with Crippen molar-refractivity contribution >= 4 is 23.2 Å². The van der Waals surface area contributed by atoms with Gasteiger partial charge in [0.2, 0.25) is 0 Å². The monoisotopic (exact) mass is 316 g/mol. The molecule has 0 amide bonds. The van der Waals surface area contributed by atoms with E-state index in [1.54, 1.807) is 0 Å². The summed E-state index contributed by atoms with van der Waals surface area (Å²) in [5, 5.41) is 1.45. The zero-order valence-corrected chi connectivity index (χ0v) is 13.8. The Morgan fingerprint density at radius 2 is 1.65 bits per heavy atom. The van der Waals surface area contributed by atoms with Crippen LogP contribution < -0.4 is 11.3 Å². The molecule has 3 N–H and O–H groups in total. The summed E-state index contributed by atoms with van der Waals surface area (Å²) in [6, 6.07) is 5.85. The number of unbranched alkanes of at least 4 members (excludes halogenated alkanes) is 5. The van der Waals surface area contributed by atoms with Gasteiger partial charge in [0, 0.05) is 16.1 Å². The highest BCUT2D eigenvalue weighted by atomic mass is 35.5. The van der Waals surface area contributed by atoms with Crippen LogP contribution in [0.4, 0.5) is 0 Å². The van der Waals surface area contributed by atoms with Crippen LogP contribution in [0, 0.1) is 0 Å². The minimum Gasteiger partial charge on any atom is -0.271 e. The van der Waals surface area contributed by atoms with Crippen molar-refractivity contribution in [1.29, 1.82) is 0 Å². The van der Waals surface area contributed by atoms with Crippen molar-refractivity contribution in [1.82, 2.24) is 5.43 Å². The molecule has 2 nitrogen and oxygen atoms in total. The molecule has 0 heterocycles. The number of nitrogens with one attached hydrogen (secondary N) is 1. The molecule has 0 saturated carbocycles. The third-order valence-corrected chi connectivity index (χ3v) is 4.36. The Balaban J connectivity index is 2.36. The second-order valence-corrected chi connectivity index (χ2v) is 6.14. The Kier molecular flexibility index (Phi) is 9.28. The van der Waals surface area contributed by atoms with Gasteiger partial charge in [0.05, 0.1) is 0 Å². The van der Waals surface area contributed by atoms with Crippen LogP contribution >= 0.6 is 23.2 Å². The number of hydrogen-bond donors (Lipinski definition) is 2. The molecule has 0 aromatic heterocycles. The Morgan fingerprint density at radius 1 is 1.05 bits per heavy atom. The zero-order chi connectivity index (χ0) is 14.8. The van der Waals surface area contributed by atoms with Crippen molar-refractivity contribution in [2.75, 3.05) is 0 Å². The highest BCUT2D eigenvalue weighted by Crippen LogP contribution is 2.26. The maximum absolute atomic E-state index is 6.20. The minimum absolute atomic E-state index is 0.235. The summed E-state index contributed by atoms with van der Waals surface area (Å²) in [6.45, 7) is 2.24. The first-order valence-corrected chi connectivity index (χ1v) is 8.33. The molecule has 1 rings (SSSR count). The quantitative estimate of drug-likeness (QED) is 0.357. The molecule has 1 unspecified atom stereocenters. The van der Waals surface area contributed by atoms with Crippen molar-refractivity contribution in [3.05, 3.63) is 33.8 Å². The van der Waals surface area contributed by atoms with E-state index in [0.29, 0.717) is 0 Å². The lowest BCUT2D eigenvalue weighted by Crippen LogP contribution is -2.36. The van der Waals surface area contributed by atoms with Gasteiger partial charge in [0.15, 0.2) is 0 Å². The van der Waals surface area contributed by atoms with Gasteiger partial charge >= 0.3 is 0 Å². The normalized spacial score (nSPS) is 12.6. The summed E-state index contributed by atoms with van der Waals surface area (Å²) in [7, 11) is 0. The summed E-state index contributed by atoms with van der Waals surface area (Å²) < 4.78 is 0. The number of halogens is 2. The first-order chi connectivity index (χ1) is 9.69. The molecule has 0 aliphatic rings. The van der Waals surface area contributed by atoms with E-state index in [4.69, 9.17) is 29.0 Å². The maximum atomic E-state index is 6.20. The molecule has 0 fully saturated rings. The van der Waals surface area contributed by atoms with E-state index in [9.17, 15) is 0 Å². The summed E-state index contributed by atoms with van der Waals surface area (Å²) in [5.74, 6) is 5.65. The van der Waals surface area contributed by atoms with E-state index in [-0.39, 0.29) is 6.04 Å². The van der Waals surface area contributed by atoms with Crippen LogP contribution in [0.25, 0.3) is 0 Å². The number of hydrazine groups is 1. The smallest absolute Gasteiger partial charge is 0.0453 e. The van der Waals surface area contributed by atoms with Gasteiger partial charge in [0.25, 0.3) is 0 Å². The standard InChI is InChI=1S/C16H26Cl2N2/c1-2-3-4-5-6-7-9-13(20-19)12-14-15(17)10-8-11-16(14)18/h8,10-11,13,20H,2-7,9,12,19H2,1H3. The van der Waals surface area contributed by atoms with Crippen molar-refractivity contribution in [2.24, 2.45) is 5.84 Å². The van der Waals surface area contributed by atoms with E-state index >= 15 is 0 Å². The summed E-state index contributed by atoms with van der Waals surface area (Å²) >= 11 is 12.4. The van der Waals surface area contributed by atoms with Crippen molar-refractivity contribution in [3.8, 4) is 0 Å². The lowest BCUT2D eigenvalue weighted by Gasteiger charge is -2.17. The molecule has 0 radical (unpaired) electrons. The van der Waals surface area contributed by atoms with Crippen LogP contribution in [0.2, 0.25) is 10.0 Å². The average Bonchev–Trinajstić information content (AvgIpc) is 2.44. The Bertz CT molecular complexity index is 362. The SMILES string of the molecule is CCCCCCCCC(Cc1c(Cl)cccc1Cl)NN. The van der Waals surface area contributed by atoms with Gasteiger partial charge in [-0.25, -0.2) is 0 Å². The van der Waals surface area contributed by atoms with Crippen molar-refractivity contribution in [2.45, 2.75) is 64.3 Å². The second kappa shape index (κ2) is 10.4. The maximum Gasteiger partial charge on any atom is 0.0453 e. The lowest BCUT2D eigenvalue weighted by molar-refractivity contribution is 0.459. The number of nitrogens with two attached hydrogens (primary N) is 1. The molecule has 1 atom stereocenters. The van der Waals surface area contributed by atoms with Gasteiger partial charge < -0.3 is 0 Å². The van der Waals surface area contributed by atoms with Crippen LogP contribution in [0.1, 0.15) is 57.4 Å². The summed E-state index contributed by atoms with van der Waals surface area (Å²) in [4.78, 5) is 0. The molecule has 0 saturated heterocycles. The van der Waals surface area contributed by atoms with E-state index in [0.717, 1.165) is 28.5 Å². The predicted octanol–water partition coefficient (Wildman–Crippen LogP) is 5.12. The third kappa shape index (κ3) is 6.45. The van der Waals surface area contributed by atoms with Crippen LogP contribution in [0.3, 0.4) is 0 Å². The third-order valence-electron chi connectivity index (χ3n) is 3.65. The molecule has 1 aromatic carbocycles. The molecule has 20 heavy (non-hydrogen) atoms. The Morgan fingerprint density at radius 3 is 2.25 bits per heavy atom. The first kappa shape index (κ1) is 17.8. The van der Waals surface area contributed by atoms with E-state index < -0.39 is 0 Å². The summed E-state index contributed by atoms with van der Waals surface area (Å²) in [5.41, 5.74) is 3.88. The first-order valence-electron chi connectivity index (χ1n) is 7.58. The van der Waals surface area contributed by atoms with Crippen LogP contribution in [-0.4, -0.2) is 6.04 Å². The molecular weight excluding hydrogens is 291 g/mol. The Labute approximate surface area is 133 Å². The molecule has 4 heteroatoms. The van der Waals surface area contributed by atoms with E-state index in [1.807, 2.05) is 18.2 Å². The predicted molar refractivity (Wildman–Crippen MR) is 89.3 cm³/mol. The number of benzene rings is 1. The van der Waals surface area contributed by atoms with Gasteiger partial charge in [-0.1, -0.05) is 74.7 Å². The van der Waals surface area contributed by atoms with Gasteiger partial charge in [-0.3, -0.25) is 11.3 Å². The zero-order valence-electron chi connectivity index (χ0n) is 12.3. The highest BCUT2D eigenvalue weighted by Gasteiger charge is 2.12. The molecule has 1 aromatic rings. The molecule has 0 bridgehead atoms. The fourth-order valence-electron chi connectivity index (χ4n) is 2.39. The fourth-order valence-corrected chi connectivity index (χ4v) is 2.94. The number of hydrogen-bond acceptors (Lipinski definition) is 2. The van der Waals surface area contributed by atoms with Gasteiger partial charge in [-0.2, -0.15) is 0 Å². The van der Waals surface area contributed by atoms with E-state index in [1.165, 1.54) is 38.5 Å². The highest BCUT2D eigenvalue weighted by molar-refractivity contribution is 6.35. The largest absolute Gasteiger partial charge is 0.271 e. The van der Waals surface area contributed by atoms with Crippen LogP contribution in [-0.2, 0) is 6.42 Å². The molecular formula is C16H26Cl2N2.